The SMILES string of the molecule is O=CC(O)CO.O=P(O)(O)O. The van der Waals surface area contributed by atoms with Crippen LogP contribution >= 0.6 is 7.82 Å². The third-order valence-electron chi connectivity index (χ3n) is 0.344. The predicted molar refractivity (Wildman–Crippen MR) is 33.4 cm³/mol. The molecule has 0 saturated heterocycles. The second-order valence-electron chi connectivity index (χ2n) is 1.40. The Labute approximate surface area is 62.2 Å². The molecule has 1 unspecified atom stereocenters. The van der Waals surface area contributed by atoms with Crippen LogP contribution in [0.5, 0.6) is 0 Å². The molecule has 11 heavy (non-hydrogen) atoms. The van der Waals surface area contributed by atoms with Crippen LogP contribution in [-0.2, 0) is 9.36 Å². The molecule has 0 fully saturated rings. The number of carbonyl (C=O) groups excluding carboxylic acids is 1. The zero-order chi connectivity index (χ0) is 9.49. The molecule has 68 valence electrons. The van der Waals surface area contributed by atoms with Crippen molar-refractivity contribution in [1.82, 2.24) is 0 Å². The zero-order valence-corrected chi connectivity index (χ0v) is 6.26. The van der Waals surface area contributed by atoms with Gasteiger partial charge in [0.25, 0.3) is 0 Å². The Morgan fingerprint density at radius 3 is 1.64 bits per heavy atom. The molecule has 0 aromatic heterocycles. The highest BCUT2D eigenvalue weighted by Gasteiger charge is 2.00. The van der Waals surface area contributed by atoms with Gasteiger partial charge in [-0.2, -0.15) is 0 Å². The van der Waals surface area contributed by atoms with E-state index >= 15 is 0 Å². The van der Waals surface area contributed by atoms with Crippen molar-refractivity contribution in [3.63, 3.8) is 0 Å². The van der Waals surface area contributed by atoms with Gasteiger partial charge in [-0.25, -0.2) is 4.57 Å². The number of aliphatic hydroxyl groups excluding tert-OH is 2. The molecule has 1 atom stereocenters. The molecule has 5 N–H and O–H groups in total. The highest BCUT2D eigenvalue weighted by atomic mass is 31.2. The molecule has 7 nitrogen and oxygen atoms in total. The molecule has 0 aromatic rings. The lowest BCUT2D eigenvalue weighted by molar-refractivity contribution is -0.116. The van der Waals surface area contributed by atoms with E-state index in [-0.39, 0.29) is 6.29 Å². The summed E-state index contributed by atoms with van der Waals surface area (Å²) in [6, 6.07) is 0. The molecule has 0 bridgehead atoms. The Balaban J connectivity index is 0. The van der Waals surface area contributed by atoms with Crippen LogP contribution in [0.4, 0.5) is 0 Å². The molecule has 0 amide bonds. The van der Waals surface area contributed by atoms with Crippen molar-refractivity contribution in [1.29, 1.82) is 0 Å². The average Bonchev–Trinajstić information content (AvgIpc) is 1.83. The molecular formula is C3H9O7P. The largest absolute Gasteiger partial charge is 0.466 e. The summed E-state index contributed by atoms with van der Waals surface area (Å²) in [4.78, 5) is 30.9. The fourth-order valence-electron chi connectivity index (χ4n) is 0.0430. The Kier molecular flexibility index (Phi) is 7.75. The maximum Gasteiger partial charge on any atom is 0.466 e. The van der Waals surface area contributed by atoms with Crippen LogP contribution in [0.15, 0.2) is 0 Å². The van der Waals surface area contributed by atoms with E-state index in [1.54, 1.807) is 0 Å². The topological polar surface area (TPSA) is 135 Å². The fourth-order valence-corrected chi connectivity index (χ4v) is 0.0430. The van der Waals surface area contributed by atoms with Gasteiger partial charge in [-0.15, -0.1) is 0 Å². The van der Waals surface area contributed by atoms with Crippen LogP contribution in [0, 0.1) is 0 Å². The average molecular weight is 188 g/mol. The van der Waals surface area contributed by atoms with Crippen molar-refractivity contribution in [3.8, 4) is 0 Å². The third-order valence-corrected chi connectivity index (χ3v) is 0.344. The van der Waals surface area contributed by atoms with Gasteiger partial charge in [0.15, 0.2) is 6.29 Å². The first kappa shape index (κ1) is 13.3. The van der Waals surface area contributed by atoms with Gasteiger partial charge in [0.1, 0.15) is 6.10 Å². The molecule has 0 radical (unpaired) electrons. The molecule has 0 saturated carbocycles. The van der Waals surface area contributed by atoms with Crippen LogP contribution in [0.2, 0.25) is 0 Å². The lowest BCUT2D eigenvalue weighted by atomic mass is 10.4. The smallest absolute Gasteiger partial charge is 0.393 e. The van der Waals surface area contributed by atoms with Gasteiger partial charge < -0.3 is 29.7 Å². The lowest BCUT2D eigenvalue weighted by Crippen LogP contribution is -2.12. The standard InChI is InChI=1S/C3H6O3.H3O4P/c4-1-3(6)2-5;1-5(2,3)4/h1,3,5-6H,2H2;(H3,1,2,3,4). The Morgan fingerprint density at radius 1 is 1.36 bits per heavy atom. The van der Waals surface area contributed by atoms with Crippen molar-refractivity contribution in [3.05, 3.63) is 0 Å². The van der Waals surface area contributed by atoms with Crippen LogP contribution in [-0.4, -0.2) is 43.9 Å². The normalized spacial score (nSPS) is 12.8. The monoisotopic (exact) mass is 188 g/mol. The van der Waals surface area contributed by atoms with E-state index in [1.165, 1.54) is 0 Å². The number of rotatable bonds is 2. The second-order valence-corrected chi connectivity index (χ2v) is 2.43. The minimum atomic E-state index is -4.64. The predicted octanol–water partition coefficient (Wildman–Crippen LogP) is -2.39. The van der Waals surface area contributed by atoms with Crippen molar-refractivity contribution in [2.45, 2.75) is 6.10 Å². The van der Waals surface area contributed by atoms with Crippen molar-refractivity contribution < 1.29 is 34.3 Å². The molecule has 0 rings (SSSR count). The number of aliphatic hydroxyl groups is 2. The minimum absolute atomic E-state index is 0.278. The van der Waals surface area contributed by atoms with E-state index in [1.807, 2.05) is 0 Å². The number of aldehydes is 1. The summed E-state index contributed by atoms with van der Waals surface area (Å²) in [7, 11) is -4.64. The number of hydrogen-bond donors (Lipinski definition) is 5. The summed E-state index contributed by atoms with van der Waals surface area (Å²) in [5.41, 5.74) is 0. The fraction of sp³-hybridized carbons (Fsp3) is 0.667. The second kappa shape index (κ2) is 6.41. The highest BCUT2D eigenvalue weighted by Crippen LogP contribution is 2.25. The molecule has 0 heterocycles. The van der Waals surface area contributed by atoms with E-state index in [2.05, 4.69) is 0 Å². The molecular weight excluding hydrogens is 179 g/mol. The quantitative estimate of drug-likeness (QED) is 0.241. The number of phosphoric acid groups is 1. The summed E-state index contributed by atoms with van der Waals surface area (Å²) >= 11 is 0. The van der Waals surface area contributed by atoms with Gasteiger partial charge in [0, 0.05) is 0 Å². The van der Waals surface area contributed by atoms with Crippen LogP contribution in [0.1, 0.15) is 0 Å². The summed E-state index contributed by atoms with van der Waals surface area (Å²) < 4.78 is 8.88. The van der Waals surface area contributed by atoms with Crippen molar-refractivity contribution in [2.24, 2.45) is 0 Å². The van der Waals surface area contributed by atoms with E-state index < -0.39 is 20.5 Å². The molecule has 8 heteroatoms. The summed E-state index contributed by atoms with van der Waals surface area (Å²) in [6.07, 6.45) is -0.912. The molecule has 0 aliphatic heterocycles. The molecule has 0 aromatic carbocycles. The maximum atomic E-state index is 9.33. The molecule has 0 spiro atoms. The maximum absolute atomic E-state index is 9.33. The first-order valence-electron chi connectivity index (χ1n) is 2.33. The van der Waals surface area contributed by atoms with Crippen LogP contribution in [0.3, 0.4) is 0 Å². The van der Waals surface area contributed by atoms with E-state index in [0.29, 0.717) is 0 Å². The third kappa shape index (κ3) is 42.0. The summed E-state index contributed by atoms with van der Waals surface area (Å²) in [6.45, 7) is -0.483. The van der Waals surface area contributed by atoms with Gasteiger partial charge >= 0.3 is 7.82 Å². The Hall–Kier alpha value is -0.300. The van der Waals surface area contributed by atoms with E-state index in [0.717, 1.165) is 0 Å². The minimum Gasteiger partial charge on any atom is -0.393 e. The van der Waals surface area contributed by atoms with E-state index in [9.17, 15) is 4.79 Å². The first-order chi connectivity index (χ1) is 4.81. The highest BCUT2D eigenvalue weighted by molar-refractivity contribution is 7.45. The van der Waals surface area contributed by atoms with Crippen LogP contribution in [0.25, 0.3) is 0 Å². The van der Waals surface area contributed by atoms with Crippen LogP contribution < -0.4 is 0 Å². The van der Waals surface area contributed by atoms with Gasteiger partial charge in [0.05, 0.1) is 6.61 Å². The molecule has 0 aliphatic carbocycles. The van der Waals surface area contributed by atoms with Gasteiger partial charge in [-0.1, -0.05) is 0 Å². The Morgan fingerprint density at radius 2 is 1.64 bits per heavy atom. The molecule has 0 aliphatic rings. The Bertz CT molecular complexity index is 130. The number of hydrogen-bond acceptors (Lipinski definition) is 4. The lowest BCUT2D eigenvalue weighted by Gasteiger charge is -1.89. The van der Waals surface area contributed by atoms with Crippen molar-refractivity contribution in [2.75, 3.05) is 6.61 Å². The van der Waals surface area contributed by atoms with Gasteiger partial charge in [-0.3, -0.25) is 0 Å². The van der Waals surface area contributed by atoms with Gasteiger partial charge in [0.2, 0.25) is 0 Å². The van der Waals surface area contributed by atoms with Crippen molar-refractivity contribution >= 4 is 14.1 Å². The summed E-state index contributed by atoms with van der Waals surface area (Å²) in [5.74, 6) is 0. The number of carbonyl (C=O) groups is 1. The summed E-state index contributed by atoms with van der Waals surface area (Å²) in [5, 5.41) is 15.9. The van der Waals surface area contributed by atoms with Gasteiger partial charge in [-0.05, 0) is 0 Å². The van der Waals surface area contributed by atoms with E-state index in [4.69, 9.17) is 29.5 Å². The zero-order valence-electron chi connectivity index (χ0n) is 5.36. The first-order valence-corrected chi connectivity index (χ1v) is 3.90.